The lowest BCUT2D eigenvalue weighted by Gasteiger charge is -2.11. The molecule has 0 saturated carbocycles. The van der Waals surface area contributed by atoms with Crippen LogP contribution in [0.25, 0.3) is 11.3 Å². The molecule has 150 valence electrons. The normalized spacial score (nSPS) is 15.6. The van der Waals surface area contributed by atoms with E-state index >= 15 is 0 Å². The summed E-state index contributed by atoms with van der Waals surface area (Å²) in [6.45, 7) is 0.547. The summed E-state index contributed by atoms with van der Waals surface area (Å²) in [6.07, 6.45) is -1.97. The molecule has 0 fully saturated rings. The third-order valence-corrected chi connectivity index (χ3v) is 4.27. The Morgan fingerprint density at radius 2 is 2.00 bits per heavy atom. The van der Waals surface area contributed by atoms with Crippen LogP contribution in [0.2, 0.25) is 0 Å². The molecule has 11 heteroatoms. The molecule has 0 radical (unpaired) electrons. The first-order chi connectivity index (χ1) is 13.8. The Hall–Kier alpha value is -3.63. The molecule has 1 aromatic carbocycles. The van der Waals surface area contributed by atoms with Gasteiger partial charge in [0.1, 0.15) is 18.6 Å². The Balaban J connectivity index is 1.34. The van der Waals surface area contributed by atoms with E-state index in [0.717, 1.165) is 12.1 Å². The largest absolute Gasteiger partial charge is 0.488 e. The number of pyridine rings is 1. The van der Waals surface area contributed by atoms with Crippen molar-refractivity contribution in [3.8, 4) is 23.0 Å². The van der Waals surface area contributed by atoms with Gasteiger partial charge in [0.25, 0.3) is 0 Å². The van der Waals surface area contributed by atoms with Crippen LogP contribution in [0.4, 0.5) is 19.0 Å². The standard InChI is InChI=1S/C18H13F3N4O4/c19-18(20,21)12-3-1-11(2-4-12)15-6-5-13(7-22-15)28-10-14-8-24-9-16(25(26)27)23-17(24)29-14/h1-7,9,14H,8,10H2. The van der Waals surface area contributed by atoms with Gasteiger partial charge in [-0.25, -0.2) is 0 Å². The minimum absolute atomic E-state index is 0.168. The monoisotopic (exact) mass is 406 g/mol. The second-order valence-corrected chi connectivity index (χ2v) is 6.30. The van der Waals surface area contributed by atoms with E-state index in [1.165, 1.54) is 29.1 Å². The van der Waals surface area contributed by atoms with Gasteiger partial charge in [-0.15, -0.1) is 0 Å². The lowest BCUT2D eigenvalue weighted by Crippen LogP contribution is -2.23. The summed E-state index contributed by atoms with van der Waals surface area (Å²) >= 11 is 0. The second-order valence-electron chi connectivity index (χ2n) is 6.30. The van der Waals surface area contributed by atoms with Crippen molar-refractivity contribution < 1.29 is 27.6 Å². The van der Waals surface area contributed by atoms with Gasteiger partial charge in [0.05, 0.1) is 24.0 Å². The first kappa shape index (κ1) is 18.7. The quantitative estimate of drug-likeness (QED) is 0.474. The number of aromatic nitrogens is 3. The van der Waals surface area contributed by atoms with Crippen molar-refractivity contribution in [2.45, 2.75) is 18.8 Å². The predicted molar refractivity (Wildman–Crippen MR) is 93.5 cm³/mol. The topological polar surface area (TPSA) is 92.3 Å². The lowest BCUT2D eigenvalue weighted by atomic mass is 10.1. The molecule has 0 N–H and O–H groups in total. The van der Waals surface area contributed by atoms with Crippen molar-refractivity contribution in [2.75, 3.05) is 6.61 Å². The SMILES string of the molecule is O=[N+]([O-])c1cn2c(n1)OC(COc1ccc(-c3ccc(C(F)(F)F)cc3)nc1)C2. The van der Waals surface area contributed by atoms with E-state index in [9.17, 15) is 23.3 Å². The van der Waals surface area contributed by atoms with E-state index in [4.69, 9.17) is 9.47 Å². The van der Waals surface area contributed by atoms with Crippen LogP contribution in [-0.2, 0) is 12.7 Å². The van der Waals surface area contributed by atoms with Crippen LogP contribution in [0, 0.1) is 10.1 Å². The number of hydrogen-bond acceptors (Lipinski definition) is 6. The first-order valence-corrected chi connectivity index (χ1v) is 8.44. The van der Waals surface area contributed by atoms with Crippen molar-refractivity contribution in [1.82, 2.24) is 14.5 Å². The fraction of sp³-hybridized carbons (Fsp3) is 0.222. The maximum absolute atomic E-state index is 12.6. The fourth-order valence-electron chi connectivity index (χ4n) is 2.85. The highest BCUT2D eigenvalue weighted by molar-refractivity contribution is 5.59. The average Bonchev–Trinajstić information content (AvgIpc) is 3.25. The summed E-state index contributed by atoms with van der Waals surface area (Å²) in [7, 11) is 0. The molecule has 0 bridgehead atoms. The number of fused-ring (bicyclic) bond motifs is 1. The van der Waals surface area contributed by atoms with Gasteiger partial charge in [0.2, 0.25) is 0 Å². The van der Waals surface area contributed by atoms with Crippen LogP contribution >= 0.6 is 0 Å². The molecular weight excluding hydrogens is 393 g/mol. The Bertz CT molecular complexity index is 1010. The van der Waals surface area contributed by atoms with Gasteiger partial charge in [0, 0.05) is 10.5 Å². The molecule has 0 spiro atoms. The number of nitro groups is 1. The van der Waals surface area contributed by atoms with Gasteiger partial charge in [-0.1, -0.05) is 12.1 Å². The van der Waals surface area contributed by atoms with E-state index in [1.54, 1.807) is 12.1 Å². The van der Waals surface area contributed by atoms with E-state index in [2.05, 4.69) is 9.97 Å². The lowest BCUT2D eigenvalue weighted by molar-refractivity contribution is -0.389. The Morgan fingerprint density at radius 3 is 2.59 bits per heavy atom. The highest BCUT2D eigenvalue weighted by Crippen LogP contribution is 2.31. The first-order valence-electron chi connectivity index (χ1n) is 8.44. The number of ether oxygens (including phenoxy) is 2. The Kier molecular flexibility index (Phi) is 4.57. The number of benzene rings is 1. The highest BCUT2D eigenvalue weighted by Gasteiger charge is 2.32. The molecule has 1 aliphatic rings. The van der Waals surface area contributed by atoms with Crippen LogP contribution in [0.1, 0.15) is 5.56 Å². The summed E-state index contributed by atoms with van der Waals surface area (Å²) in [5.74, 6) is 0.183. The molecule has 0 aliphatic carbocycles. The zero-order valence-electron chi connectivity index (χ0n) is 14.7. The number of imidazole rings is 1. The third kappa shape index (κ3) is 3.98. The van der Waals surface area contributed by atoms with Crippen molar-refractivity contribution in [1.29, 1.82) is 0 Å². The van der Waals surface area contributed by atoms with Gasteiger partial charge in [-0.2, -0.15) is 13.2 Å². The van der Waals surface area contributed by atoms with Gasteiger partial charge < -0.3 is 19.6 Å². The van der Waals surface area contributed by atoms with E-state index in [-0.39, 0.29) is 24.5 Å². The average molecular weight is 406 g/mol. The Morgan fingerprint density at radius 1 is 1.24 bits per heavy atom. The highest BCUT2D eigenvalue weighted by atomic mass is 19.4. The zero-order valence-corrected chi connectivity index (χ0v) is 14.7. The molecule has 4 rings (SSSR count). The third-order valence-electron chi connectivity index (χ3n) is 4.27. The summed E-state index contributed by atoms with van der Waals surface area (Å²) in [4.78, 5) is 18.1. The summed E-state index contributed by atoms with van der Waals surface area (Å²) in [5, 5.41) is 10.7. The molecule has 1 atom stereocenters. The van der Waals surface area contributed by atoms with Crippen molar-refractivity contribution in [2.24, 2.45) is 0 Å². The van der Waals surface area contributed by atoms with Gasteiger partial charge >= 0.3 is 18.0 Å². The number of alkyl halides is 3. The van der Waals surface area contributed by atoms with Crippen molar-refractivity contribution >= 4 is 5.82 Å². The van der Waals surface area contributed by atoms with Gasteiger partial charge in [0.15, 0.2) is 6.10 Å². The summed E-state index contributed by atoms with van der Waals surface area (Å²) in [6, 6.07) is 8.19. The van der Waals surface area contributed by atoms with E-state index in [0.29, 0.717) is 23.6 Å². The summed E-state index contributed by atoms with van der Waals surface area (Å²) < 4.78 is 50.5. The molecule has 29 heavy (non-hydrogen) atoms. The van der Waals surface area contributed by atoms with Crippen LogP contribution in [0.15, 0.2) is 48.8 Å². The number of rotatable bonds is 5. The number of nitrogens with zero attached hydrogens (tertiary/aromatic N) is 4. The second kappa shape index (κ2) is 7.08. The van der Waals surface area contributed by atoms with Crippen LogP contribution in [-0.4, -0.2) is 32.2 Å². The number of halogens is 3. The molecule has 0 saturated heterocycles. The summed E-state index contributed by atoms with van der Waals surface area (Å²) in [5.41, 5.74) is 0.342. The maximum Gasteiger partial charge on any atom is 0.416 e. The Labute approximate surface area is 161 Å². The molecular formula is C18H13F3N4O4. The zero-order chi connectivity index (χ0) is 20.6. The minimum atomic E-state index is -4.38. The van der Waals surface area contributed by atoms with Gasteiger partial charge in [-0.05, 0) is 29.2 Å². The number of hydrogen-bond donors (Lipinski definition) is 0. The van der Waals surface area contributed by atoms with Gasteiger partial charge in [-0.3, -0.25) is 9.55 Å². The molecule has 0 amide bonds. The van der Waals surface area contributed by atoms with Crippen LogP contribution < -0.4 is 9.47 Å². The van der Waals surface area contributed by atoms with Crippen molar-refractivity contribution in [3.63, 3.8) is 0 Å². The van der Waals surface area contributed by atoms with Crippen LogP contribution in [0.5, 0.6) is 11.8 Å². The maximum atomic E-state index is 12.6. The molecule has 3 aromatic rings. The van der Waals surface area contributed by atoms with E-state index in [1.807, 2.05) is 0 Å². The minimum Gasteiger partial charge on any atom is -0.488 e. The van der Waals surface area contributed by atoms with Crippen molar-refractivity contribution in [3.05, 3.63) is 64.5 Å². The molecule has 3 heterocycles. The smallest absolute Gasteiger partial charge is 0.416 e. The van der Waals surface area contributed by atoms with E-state index < -0.39 is 16.7 Å². The molecule has 2 aromatic heterocycles. The fourth-order valence-corrected chi connectivity index (χ4v) is 2.85. The molecule has 8 nitrogen and oxygen atoms in total. The molecule has 1 aliphatic heterocycles. The molecule has 1 unspecified atom stereocenters. The van der Waals surface area contributed by atoms with Crippen LogP contribution in [0.3, 0.4) is 0 Å². The predicted octanol–water partition coefficient (Wildman–Crippen LogP) is 3.71.